The lowest BCUT2D eigenvalue weighted by Crippen LogP contribution is -2.45. The number of aromatic nitrogens is 2. The van der Waals surface area contributed by atoms with E-state index < -0.39 is 0 Å². The topological polar surface area (TPSA) is 49.3 Å². The first-order valence-corrected chi connectivity index (χ1v) is 5.60. The molecule has 6 heteroatoms. The number of carbonyl (C=O) groups is 1. The van der Waals surface area contributed by atoms with Crippen LogP contribution in [0.4, 0.5) is 11.5 Å². The minimum Gasteiger partial charge on any atom is -0.342 e. The third-order valence-electron chi connectivity index (χ3n) is 3.02. The van der Waals surface area contributed by atoms with Crippen LogP contribution in [0.1, 0.15) is 12.8 Å². The molecule has 84 valence electrons. The molecule has 16 heavy (non-hydrogen) atoms. The van der Waals surface area contributed by atoms with Crippen molar-refractivity contribution in [3.8, 4) is 0 Å². The van der Waals surface area contributed by atoms with Gasteiger partial charge in [0.15, 0.2) is 5.82 Å². The van der Waals surface area contributed by atoms with Crippen molar-refractivity contribution in [3.05, 3.63) is 11.5 Å². The van der Waals surface area contributed by atoms with Gasteiger partial charge in [-0.25, -0.2) is 4.98 Å². The summed E-state index contributed by atoms with van der Waals surface area (Å²) in [4.78, 5) is 23.6. The minimum atomic E-state index is 0.0744. The van der Waals surface area contributed by atoms with E-state index in [0.29, 0.717) is 12.6 Å². The predicted octanol–water partition coefficient (Wildman–Crippen LogP) is 1.08. The number of anilines is 2. The molecule has 2 aliphatic rings. The molecular formula is C10H11ClN4O. The molecule has 0 aromatic carbocycles. The Labute approximate surface area is 98.0 Å². The smallest absolute Gasteiger partial charge is 0.246 e. The number of amides is 1. The first-order chi connectivity index (χ1) is 7.66. The van der Waals surface area contributed by atoms with Crippen LogP contribution in [0.3, 0.4) is 0 Å². The Balaban J connectivity index is 2.10. The van der Waals surface area contributed by atoms with Crippen molar-refractivity contribution in [2.45, 2.75) is 18.9 Å². The summed E-state index contributed by atoms with van der Waals surface area (Å²) >= 11 is 5.80. The monoisotopic (exact) mass is 238 g/mol. The summed E-state index contributed by atoms with van der Waals surface area (Å²) in [6, 6.07) is 0.447. The van der Waals surface area contributed by atoms with Gasteiger partial charge in [0.1, 0.15) is 5.69 Å². The zero-order chi connectivity index (χ0) is 11.3. The van der Waals surface area contributed by atoms with Gasteiger partial charge < -0.3 is 9.80 Å². The van der Waals surface area contributed by atoms with Crippen molar-refractivity contribution in [3.63, 3.8) is 0 Å². The first-order valence-electron chi connectivity index (χ1n) is 5.22. The van der Waals surface area contributed by atoms with Gasteiger partial charge in [-0.3, -0.25) is 4.79 Å². The summed E-state index contributed by atoms with van der Waals surface area (Å²) in [5.74, 6) is 0.856. The van der Waals surface area contributed by atoms with Gasteiger partial charge in [0.05, 0.1) is 12.7 Å². The van der Waals surface area contributed by atoms with Crippen molar-refractivity contribution < 1.29 is 4.79 Å². The number of hydrogen-bond donors (Lipinski definition) is 0. The SMILES string of the molecule is CN1C(=O)CN(C2CC2)c2nc(Cl)ncc21. The largest absolute Gasteiger partial charge is 0.342 e. The maximum absolute atomic E-state index is 11.8. The molecule has 5 nitrogen and oxygen atoms in total. The van der Waals surface area contributed by atoms with Crippen LogP contribution in [0.15, 0.2) is 6.20 Å². The molecule has 3 rings (SSSR count). The maximum atomic E-state index is 11.8. The lowest BCUT2D eigenvalue weighted by Gasteiger charge is -2.34. The van der Waals surface area contributed by atoms with Crippen LogP contribution in [0.25, 0.3) is 0 Å². The van der Waals surface area contributed by atoms with Crippen molar-refractivity contribution in [2.75, 3.05) is 23.4 Å². The van der Waals surface area contributed by atoms with E-state index in [-0.39, 0.29) is 11.2 Å². The molecule has 1 aliphatic carbocycles. The zero-order valence-corrected chi connectivity index (χ0v) is 9.61. The fraction of sp³-hybridized carbons (Fsp3) is 0.500. The molecule has 1 aliphatic heterocycles. The third kappa shape index (κ3) is 1.43. The fourth-order valence-corrected chi connectivity index (χ4v) is 2.07. The highest BCUT2D eigenvalue weighted by molar-refractivity contribution is 6.28. The van der Waals surface area contributed by atoms with Crippen LogP contribution >= 0.6 is 11.6 Å². The van der Waals surface area contributed by atoms with Gasteiger partial charge in [-0.1, -0.05) is 0 Å². The summed E-state index contributed by atoms with van der Waals surface area (Å²) < 4.78 is 0. The minimum absolute atomic E-state index is 0.0744. The Morgan fingerprint density at radius 2 is 2.25 bits per heavy atom. The standard InChI is InChI=1S/C10H11ClN4O/c1-14-7-4-12-10(11)13-9(7)15(5-8(14)16)6-2-3-6/h4,6H,2-3,5H2,1H3. The van der Waals surface area contributed by atoms with E-state index in [1.165, 1.54) is 0 Å². The molecule has 0 N–H and O–H groups in total. The molecule has 1 aromatic rings. The van der Waals surface area contributed by atoms with Crippen LogP contribution in [0.5, 0.6) is 0 Å². The number of fused-ring (bicyclic) bond motifs is 1. The van der Waals surface area contributed by atoms with Gasteiger partial charge in [0, 0.05) is 13.1 Å². The molecule has 1 aromatic heterocycles. The Bertz CT molecular complexity index is 460. The van der Waals surface area contributed by atoms with Crippen LogP contribution in [-0.4, -0.2) is 35.5 Å². The molecule has 0 unspecified atom stereocenters. The van der Waals surface area contributed by atoms with Gasteiger partial charge in [-0.15, -0.1) is 0 Å². The number of hydrogen-bond acceptors (Lipinski definition) is 4. The van der Waals surface area contributed by atoms with E-state index in [1.807, 2.05) is 4.90 Å². The molecule has 1 saturated carbocycles. The van der Waals surface area contributed by atoms with E-state index in [4.69, 9.17) is 11.6 Å². The van der Waals surface area contributed by atoms with E-state index >= 15 is 0 Å². The molecule has 0 spiro atoms. The third-order valence-corrected chi connectivity index (χ3v) is 3.20. The number of likely N-dealkylation sites (N-methyl/N-ethyl adjacent to an activating group) is 1. The van der Waals surface area contributed by atoms with E-state index in [0.717, 1.165) is 24.3 Å². The summed E-state index contributed by atoms with van der Waals surface area (Å²) in [7, 11) is 1.74. The maximum Gasteiger partial charge on any atom is 0.246 e. The highest BCUT2D eigenvalue weighted by Crippen LogP contribution is 2.38. The lowest BCUT2D eigenvalue weighted by atomic mass is 10.2. The Hall–Kier alpha value is -1.36. The quantitative estimate of drug-likeness (QED) is 0.687. The lowest BCUT2D eigenvalue weighted by molar-refractivity contribution is -0.117. The molecule has 0 radical (unpaired) electrons. The van der Waals surface area contributed by atoms with Crippen LogP contribution in [0.2, 0.25) is 5.28 Å². The summed E-state index contributed by atoms with van der Waals surface area (Å²) in [6.45, 7) is 0.390. The van der Waals surface area contributed by atoms with Crippen molar-refractivity contribution in [2.24, 2.45) is 0 Å². The van der Waals surface area contributed by atoms with Crippen LogP contribution < -0.4 is 9.80 Å². The van der Waals surface area contributed by atoms with Crippen LogP contribution in [-0.2, 0) is 4.79 Å². The normalized spacial score (nSPS) is 20.0. The Kier molecular flexibility index (Phi) is 2.04. The fourth-order valence-electron chi connectivity index (χ4n) is 1.94. The van der Waals surface area contributed by atoms with Crippen LogP contribution in [0, 0.1) is 0 Å². The molecule has 0 bridgehead atoms. The number of rotatable bonds is 1. The van der Waals surface area contributed by atoms with E-state index in [9.17, 15) is 4.79 Å². The number of carbonyl (C=O) groups excluding carboxylic acids is 1. The second-order valence-electron chi connectivity index (χ2n) is 4.16. The van der Waals surface area contributed by atoms with Gasteiger partial charge in [-0.05, 0) is 24.4 Å². The average molecular weight is 239 g/mol. The summed E-state index contributed by atoms with van der Waals surface area (Å²) in [5, 5.41) is 0.229. The molecule has 0 atom stereocenters. The average Bonchev–Trinajstić information content (AvgIpc) is 3.07. The summed E-state index contributed by atoms with van der Waals surface area (Å²) in [6.07, 6.45) is 3.85. The second kappa shape index (κ2) is 3.31. The van der Waals surface area contributed by atoms with Gasteiger partial charge in [0.2, 0.25) is 11.2 Å². The van der Waals surface area contributed by atoms with E-state index in [2.05, 4.69) is 9.97 Å². The Morgan fingerprint density at radius 1 is 1.50 bits per heavy atom. The molecule has 1 fully saturated rings. The van der Waals surface area contributed by atoms with Crippen molar-refractivity contribution >= 4 is 29.0 Å². The highest BCUT2D eigenvalue weighted by Gasteiger charge is 2.37. The zero-order valence-electron chi connectivity index (χ0n) is 8.85. The molecule has 0 saturated heterocycles. The van der Waals surface area contributed by atoms with Gasteiger partial charge >= 0.3 is 0 Å². The predicted molar refractivity (Wildman–Crippen MR) is 60.8 cm³/mol. The van der Waals surface area contributed by atoms with Crippen molar-refractivity contribution in [1.82, 2.24) is 9.97 Å². The summed E-state index contributed by atoms with van der Waals surface area (Å²) in [5.41, 5.74) is 0.743. The van der Waals surface area contributed by atoms with Gasteiger partial charge in [-0.2, -0.15) is 4.98 Å². The number of nitrogens with zero attached hydrogens (tertiary/aromatic N) is 4. The highest BCUT2D eigenvalue weighted by atomic mass is 35.5. The Morgan fingerprint density at radius 3 is 2.94 bits per heavy atom. The number of halogens is 1. The van der Waals surface area contributed by atoms with Gasteiger partial charge in [0.25, 0.3) is 0 Å². The second-order valence-corrected chi connectivity index (χ2v) is 4.50. The van der Waals surface area contributed by atoms with Crippen molar-refractivity contribution in [1.29, 1.82) is 0 Å². The van der Waals surface area contributed by atoms with E-state index in [1.54, 1.807) is 18.1 Å². The first kappa shape index (κ1) is 9.84. The molecule has 2 heterocycles. The molecular weight excluding hydrogens is 228 g/mol. The molecule has 1 amide bonds.